The van der Waals surface area contributed by atoms with Gasteiger partial charge in [0.15, 0.2) is 10.7 Å². The molecule has 3 aliphatic heterocycles. The van der Waals surface area contributed by atoms with Crippen LogP contribution in [0.2, 0.25) is 0 Å². The second kappa shape index (κ2) is 24.1. The third-order valence-corrected chi connectivity index (χ3v) is 15.2. The Balaban J connectivity index is 0.000000211. The summed E-state index contributed by atoms with van der Waals surface area (Å²) in [6.45, 7) is 20.8. The molecule has 9 rings (SSSR count). The Kier molecular flexibility index (Phi) is 17.2. The Labute approximate surface area is 455 Å². The largest absolute Gasteiger partial charge is 0.456 e. The first-order valence-electron chi connectivity index (χ1n) is 26.5. The molecule has 3 aliphatic rings. The van der Waals surface area contributed by atoms with E-state index >= 15 is 0 Å². The van der Waals surface area contributed by atoms with Gasteiger partial charge in [-0.3, -0.25) is 19.2 Å². The van der Waals surface area contributed by atoms with Crippen molar-refractivity contribution in [3.63, 3.8) is 0 Å². The molecule has 15 heteroatoms. The lowest BCUT2D eigenvalue weighted by atomic mass is 9.77. The fourth-order valence-corrected chi connectivity index (χ4v) is 11.1. The minimum Gasteiger partial charge on any atom is -0.456 e. The average molecular weight is 1050 g/mol. The number of rotatable bonds is 17. The lowest BCUT2D eigenvalue weighted by molar-refractivity contribution is -0.163. The standard InChI is InChI=1S/C34H35N5O4S.C28H30N2O3/c1-5-7-19-37(20-8-6-2)34-36-30(25-15-11-9-12-16-25)29(44-34)21-27-23(3)28(22-35)33(43)39(32(27)42)38(24(4)40)31(41)26-17-13-10-14-18-26;1-5-29(6-2)19-13-15-23-25(17-19)32-26-18-20(30(7-3)8-4)14-16-24(26)28(23)22-12-10-9-11-21(22)27(31)33-28/h9-18,21H,5-8,19-20H2,1-4H3;9-18H,5-8H2,1-4H3/b27-21-;. The van der Waals surface area contributed by atoms with Gasteiger partial charge in [-0.15, -0.1) is 0 Å². The van der Waals surface area contributed by atoms with Gasteiger partial charge in [-0.2, -0.15) is 15.3 Å². The molecule has 0 unspecified atom stereocenters. The fourth-order valence-electron chi connectivity index (χ4n) is 10.0. The van der Waals surface area contributed by atoms with Crippen molar-refractivity contribution in [1.82, 2.24) is 15.0 Å². The van der Waals surface area contributed by atoms with E-state index in [1.165, 1.54) is 30.4 Å². The first-order valence-corrected chi connectivity index (χ1v) is 27.3. The number of aromatic nitrogens is 1. The summed E-state index contributed by atoms with van der Waals surface area (Å²) in [5.74, 6) is -2.46. The van der Waals surface area contributed by atoms with Gasteiger partial charge in [0.2, 0.25) is 5.91 Å². The fraction of sp³-hybridized carbons (Fsp3) is 0.306. The van der Waals surface area contributed by atoms with Crippen LogP contribution in [0, 0.1) is 11.3 Å². The topological polar surface area (TPSA) is 157 Å². The molecule has 0 saturated carbocycles. The number of carbonyl (C=O) groups is 5. The van der Waals surface area contributed by atoms with E-state index < -0.39 is 29.2 Å². The summed E-state index contributed by atoms with van der Waals surface area (Å²) in [7, 11) is 0. The number of fused-ring (bicyclic) bond motifs is 6. The number of ether oxygens (including phenoxy) is 2. The highest BCUT2D eigenvalue weighted by Gasteiger charge is 2.53. The Morgan fingerprint density at radius 1 is 0.701 bits per heavy atom. The molecule has 1 spiro atoms. The van der Waals surface area contributed by atoms with Crippen molar-refractivity contribution < 1.29 is 33.4 Å². The lowest BCUT2D eigenvalue weighted by Crippen LogP contribution is -2.57. The molecule has 4 amide bonds. The molecule has 0 fully saturated rings. The molecule has 14 nitrogen and oxygen atoms in total. The van der Waals surface area contributed by atoms with Crippen LogP contribution in [0.1, 0.15) is 123 Å². The molecule has 6 aromatic rings. The first-order chi connectivity index (χ1) is 37.3. The van der Waals surface area contributed by atoms with E-state index in [0.717, 1.165) is 122 Å². The molecule has 396 valence electrons. The molecule has 1 aromatic heterocycles. The van der Waals surface area contributed by atoms with Gasteiger partial charge in [0.25, 0.3) is 17.7 Å². The maximum absolute atomic E-state index is 14.1. The lowest BCUT2D eigenvalue weighted by Gasteiger charge is -2.37. The van der Waals surface area contributed by atoms with E-state index in [1.54, 1.807) is 24.3 Å². The van der Waals surface area contributed by atoms with Crippen LogP contribution in [0.5, 0.6) is 11.5 Å². The van der Waals surface area contributed by atoms with E-state index in [-0.39, 0.29) is 28.3 Å². The number of esters is 1. The van der Waals surface area contributed by atoms with Crippen molar-refractivity contribution >= 4 is 63.5 Å². The quantitative estimate of drug-likeness (QED) is 0.0484. The SMILES string of the molecule is CCCCN(CCCC)c1nc(-c2ccccc2)c(/C=C2\C(=O)N(N(C(C)=O)C(=O)c3ccccc3)C(=O)C(C#N)=C2C)s1.CCN(CC)c1ccc2c(c1)Oc1cc(N(CC)CC)ccc1C21OC(=O)c2ccccc21. The van der Waals surface area contributed by atoms with Gasteiger partial charge in [0.05, 0.1) is 16.1 Å². The van der Waals surface area contributed by atoms with Gasteiger partial charge in [0, 0.05) is 103 Å². The van der Waals surface area contributed by atoms with E-state index in [1.807, 2.05) is 60.7 Å². The molecule has 0 bridgehead atoms. The zero-order valence-electron chi connectivity index (χ0n) is 45.1. The number of carbonyl (C=O) groups excluding carboxylic acids is 5. The minimum absolute atomic E-state index is 0.0225. The Bertz CT molecular complexity index is 3230. The van der Waals surface area contributed by atoms with Crippen LogP contribution in [0.3, 0.4) is 0 Å². The number of amides is 4. The van der Waals surface area contributed by atoms with E-state index in [0.29, 0.717) is 26.2 Å². The van der Waals surface area contributed by atoms with Crippen LogP contribution in [-0.4, -0.2) is 83.9 Å². The highest BCUT2D eigenvalue weighted by atomic mass is 32.1. The Hall–Kier alpha value is -8.35. The summed E-state index contributed by atoms with van der Waals surface area (Å²) >= 11 is 1.42. The number of hydrogen-bond acceptors (Lipinski definition) is 13. The number of thiazole rings is 1. The molecular weight excluding hydrogens is 987 g/mol. The van der Waals surface area contributed by atoms with Gasteiger partial charge in [0.1, 0.15) is 23.1 Å². The van der Waals surface area contributed by atoms with Crippen molar-refractivity contribution in [3.8, 4) is 28.8 Å². The van der Waals surface area contributed by atoms with Crippen LogP contribution in [-0.2, 0) is 24.7 Å². The zero-order chi connectivity index (χ0) is 55.0. The number of nitrogens with zero attached hydrogens (tertiary/aromatic N) is 7. The van der Waals surface area contributed by atoms with Crippen LogP contribution in [0.25, 0.3) is 17.3 Å². The molecule has 5 aromatic carbocycles. The van der Waals surface area contributed by atoms with E-state index in [2.05, 4.69) is 92.6 Å². The number of anilines is 3. The van der Waals surface area contributed by atoms with Crippen LogP contribution >= 0.6 is 11.3 Å². The number of unbranched alkanes of at least 4 members (excludes halogenated alkanes) is 2. The van der Waals surface area contributed by atoms with Crippen LogP contribution in [0.15, 0.2) is 138 Å². The second-order valence-electron chi connectivity index (χ2n) is 18.8. The molecule has 0 N–H and O–H groups in total. The maximum Gasteiger partial charge on any atom is 0.340 e. The highest BCUT2D eigenvalue weighted by molar-refractivity contribution is 7.17. The summed E-state index contributed by atoms with van der Waals surface area (Å²) < 4.78 is 12.8. The number of imide groups is 2. The zero-order valence-corrected chi connectivity index (χ0v) is 45.9. The van der Waals surface area contributed by atoms with Gasteiger partial charge in [-0.05, 0) is 102 Å². The Morgan fingerprint density at radius 3 is 1.78 bits per heavy atom. The van der Waals surface area contributed by atoms with Gasteiger partial charge >= 0.3 is 5.97 Å². The summed E-state index contributed by atoms with van der Waals surface area (Å²) in [5, 5.41) is 11.8. The number of benzene rings is 5. The second-order valence-corrected chi connectivity index (χ2v) is 19.8. The Morgan fingerprint density at radius 2 is 1.25 bits per heavy atom. The predicted octanol–water partition coefficient (Wildman–Crippen LogP) is 12.4. The molecule has 0 radical (unpaired) electrons. The molecule has 77 heavy (non-hydrogen) atoms. The summed E-state index contributed by atoms with van der Waals surface area (Å²) in [5.41, 5.74) is 5.83. The number of hydrazine groups is 1. The number of nitriles is 1. The third-order valence-electron chi connectivity index (χ3n) is 14.2. The smallest absolute Gasteiger partial charge is 0.340 e. The monoisotopic (exact) mass is 1050 g/mol. The summed E-state index contributed by atoms with van der Waals surface area (Å²) in [6, 6.07) is 39.5. The van der Waals surface area contributed by atoms with E-state index in [9.17, 15) is 29.2 Å². The van der Waals surface area contributed by atoms with Crippen LogP contribution in [0.4, 0.5) is 16.5 Å². The first kappa shape index (κ1) is 54.9. The van der Waals surface area contributed by atoms with Gasteiger partial charge < -0.3 is 24.2 Å². The van der Waals surface area contributed by atoms with Crippen LogP contribution < -0.4 is 19.4 Å². The van der Waals surface area contributed by atoms with Crippen molar-refractivity contribution in [2.45, 2.75) is 86.7 Å². The molecule has 0 atom stereocenters. The van der Waals surface area contributed by atoms with Crippen molar-refractivity contribution in [1.29, 1.82) is 5.26 Å². The summed E-state index contributed by atoms with van der Waals surface area (Å²) in [6.07, 6.45) is 5.68. The van der Waals surface area contributed by atoms with Crippen molar-refractivity contribution in [2.75, 3.05) is 54.0 Å². The van der Waals surface area contributed by atoms with Crippen molar-refractivity contribution in [3.05, 3.63) is 171 Å². The minimum atomic E-state index is -1.04. The van der Waals surface area contributed by atoms with Gasteiger partial charge in [-0.1, -0.05) is 105 Å². The average Bonchev–Trinajstić information content (AvgIpc) is 4.00. The third kappa shape index (κ3) is 10.6. The normalized spacial score (nSPS) is 14.4. The molecule has 0 saturated heterocycles. The summed E-state index contributed by atoms with van der Waals surface area (Å²) in [4.78, 5) is 79.3. The van der Waals surface area contributed by atoms with Gasteiger partial charge in [-0.25, -0.2) is 9.78 Å². The predicted molar refractivity (Wildman–Crippen MR) is 303 cm³/mol. The van der Waals surface area contributed by atoms with E-state index in [4.69, 9.17) is 14.5 Å². The highest BCUT2D eigenvalue weighted by Crippen LogP contribution is 2.57. The maximum atomic E-state index is 14.1. The number of hydrogen-bond donors (Lipinski definition) is 0. The molecular formula is C62H65N7O7S. The molecule has 0 aliphatic carbocycles. The molecule has 4 heterocycles. The van der Waals surface area contributed by atoms with Crippen molar-refractivity contribution in [2.24, 2.45) is 0 Å².